The van der Waals surface area contributed by atoms with Crippen LogP contribution in [-0.4, -0.2) is 37.2 Å². The fraction of sp³-hybridized carbons (Fsp3) is 0.788. The van der Waals surface area contributed by atoms with E-state index in [0.29, 0.717) is 19.3 Å². The summed E-state index contributed by atoms with van der Waals surface area (Å²) in [5.74, 6) is -0.898. The van der Waals surface area contributed by atoms with E-state index in [1.54, 1.807) is 0 Å². The maximum atomic E-state index is 12.7. The van der Waals surface area contributed by atoms with Gasteiger partial charge in [0.15, 0.2) is 6.10 Å². The van der Waals surface area contributed by atoms with E-state index in [-0.39, 0.29) is 31.1 Å². The number of esters is 3. The Morgan fingerprint density at radius 1 is 0.362 bits per heavy atom. The van der Waals surface area contributed by atoms with Gasteiger partial charge in [0.25, 0.3) is 0 Å². The van der Waals surface area contributed by atoms with Crippen molar-refractivity contribution in [3.63, 3.8) is 0 Å². The molecule has 1 unspecified atom stereocenters. The van der Waals surface area contributed by atoms with Gasteiger partial charge in [-0.1, -0.05) is 198 Å². The first kappa shape index (κ1) is 55.4. The molecule has 0 saturated carbocycles. The lowest BCUT2D eigenvalue weighted by Crippen LogP contribution is -2.30. The number of unbranched alkanes of at least 4 members (excludes halogenated alkanes) is 25. The van der Waals surface area contributed by atoms with Crippen molar-refractivity contribution in [3.05, 3.63) is 48.6 Å². The summed E-state index contributed by atoms with van der Waals surface area (Å²) in [6, 6.07) is 0. The molecule has 0 aliphatic carbocycles. The number of hydrogen-bond acceptors (Lipinski definition) is 6. The zero-order valence-corrected chi connectivity index (χ0v) is 38.3. The summed E-state index contributed by atoms with van der Waals surface area (Å²) >= 11 is 0. The first-order valence-electron chi connectivity index (χ1n) is 24.6. The third-order valence-electron chi connectivity index (χ3n) is 10.6. The minimum absolute atomic E-state index is 0.0777. The predicted molar refractivity (Wildman–Crippen MR) is 247 cm³/mol. The molecule has 0 bridgehead atoms. The highest BCUT2D eigenvalue weighted by molar-refractivity contribution is 5.71. The van der Waals surface area contributed by atoms with Crippen LogP contribution in [0.25, 0.3) is 0 Å². The summed E-state index contributed by atoms with van der Waals surface area (Å²) in [6.45, 7) is 6.46. The van der Waals surface area contributed by atoms with Crippen molar-refractivity contribution in [3.8, 4) is 0 Å². The van der Waals surface area contributed by atoms with Crippen molar-refractivity contribution in [2.75, 3.05) is 13.2 Å². The van der Waals surface area contributed by atoms with E-state index >= 15 is 0 Å². The second-order valence-corrected chi connectivity index (χ2v) is 16.3. The average molecular weight is 813 g/mol. The van der Waals surface area contributed by atoms with Crippen molar-refractivity contribution in [1.29, 1.82) is 0 Å². The number of hydrogen-bond donors (Lipinski definition) is 0. The quantitative estimate of drug-likeness (QED) is 0.0264. The Balaban J connectivity index is 4.24. The summed E-state index contributed by atoms with van der Waals surface area (Å²) in [4.78, 5) is 37.7. The Morgan fingerprint density at radius 2 is 0.672 bits per heavy atom. The molecular formula is C52H92O6. The summed E-state index contributed by atoms with van der Waals surface area (Å²) in [6.07, 6.45) is 55.4. The topological polar surface area (TPSA) is 78.9 Å². The molecule has 0 radical (unpaired) electrons. The average Bonchev–Trinajstić information content (AvgIpc) is 3.22. The first-order valence-corrected chi connectivity index (χ1v) is 24.6. The van der Waals surface area contributed by atoms with Gasteiger partial charge < -0.3 is 14.2 Å². The molecule has 0 spiro atoms. The molecule has 0 N–H and O–H groups in total. The Kier molecular flexibility index (Phi) is 44.9. The minimum Gasteiger partial charge on any atom is -0.462 e. The molecule has 0 fully saturated rings. The predicted octanol–water partition coefficient (Wildman–Crippen LogP) is 15.9. The van der Waals surface area contributed by atoms with E-state index < -0.39 is 6.10 Å². The summed E-state index contributed by atoms with van der Waals surface area (Å²) in [5.41, 5.74) is 0. The van der Waals surface area contributed by atoms with E-state index in [4.69, 9.17) is 14.2 Å². The zero-order valence-electron chi connectivity index (χ0n) is 38.3. The Morgan fingerprint density at radius 3 is 1.07 bits per heavy atom. The number of carbonyl (C=O) groups is 3. The molecule has 0 aromatic rings. The van der Waals surface area contributed by atoms with E-state index in [9.17, 15) is 14.4 Å². The highest BCUT2D eigenvalue weighted by Gasteiger charge is 2.19. The molecule has 0 aliphatic heterocycles. The maximum absolute atomic E-state index is 12.7. The molecule has 6 nitrogen and oxygen atoms in total. The molecule has 0 aliphatic rings. The second kappa shape index (κ2) is 47.1. The van der Waals surface area contributed by atoms with E-state index in [1.165, 1.54) is 122 Å². The van der Waals surface area contributed by atoms with Gasteiger partial charge in [0.1, 0.15) is 13.2 Å². The molecule has 0 saturated heterocycles. The Hall–Kier alpha value is -2.63. The lowest BCUT2D eigenvalue weighted by molar-refractivity contribution is -0.167. The number of carbonyl (C=O) groups excluding carboxylic acids is 3. The largest absolute Gasteiger partial charge is 0.462 e. The summed E-state index contributed by atoms with van der Waals surface area (Å²) in [5, 5.41) is 0. The normalized spacial score (nSPS) is 12.4. The molecule has 6 heteroatoms. The van der Waals surface area contributed by atoms with Gasteiger partial charge in [0.05, 0.1) is 0 Å². The van der Waals surface area contributed by atoms with Crippen LogP contribution in [0.2, 0.25) is 0 Å². The molecular weight excluding hydrogens is 721 g/mol. The van der Waals surface area contributed by atoms with Crippen LogP contribution in [0.3, 0.4) is 0 Å². The number of ether oxygens (including phenoxy) is 3. The molecule has 0 aromatic heterocycles. The Labute approximate surface area is 358 Å². The van der Waals surface area contributed by atoms with Gasteiger partial charge in [0, 0.05) is 19.3 Å². The van der Waals surface area contributed by atoms with E-state index in [2.05, 4.69) is 69.4 Å². The van der Waals surface area contributed by atoms with Gasteiger partial charge in [-0.15, -0.1) is 0 Å². The van der Waals surface area contributed by atoms with Gasteiger partial charge >= 0.3 is 17.9 Å². The summed E-state index contributed by atoms with van der Waals surface area (Å²) in [7, 11) is 0. The van der Waals surface area contributed by atoms with Gasteiger partial charge in [-0.05, 0) is 77.0 Å². The number of rotatable bonds is 44. The highest BCUT2D eigenvalue weighted by Crippen LogP contribution is 2.14. The first-order chi connectivity index (χ1) is 28.5. The van der Waals surface area contributed by atoms with Crippen LogP contribution in [-0.2, 0) is 28.6 Å². The maximum Gasteiger partial charge on any atom is 0.306 e. The van der Waals surface area contributed by atoms with Crippen LogP contribution < -0.4 is 0 Å². The third-order valence-corrected chi connectivity index (χ3v) is 10.6. The fourth-order valence-electron chi connectivity index (χ4n) is 6.86. The van der Waals surface area contributed by atoms with Gasteiger partial charge in [-0.25, -0.2) is 0 Å². The van der Waals surface area contributed by atoms with Gasteiger partial charge in [-0.3, -0.25) is 14.4 Å². The van der Waals surface area contributed by atoms with Crippen molar-refractivity contribution >= 4 is 17.9 Å². The van der Waals surface area contributed by atoms with Crippen molar-refractivity contribution in [2.24, 2.45) is 0 Å². The smallest absolute Gasteiger partial charge is 0.306 e. The van der Waals surface area contributed by atoms with Crippen molar-refractivity contribution in [1.82, 2.24) is 0 Å². The monoisotopic (exact) mass is 813 g/mol. The van der Waals surface area contributed by atoms with E-state index in [1.807, 2.05) is 0 Å². The van der Waals surface area contributed by atoms with Crippen LogP contribution >= 0.6 is 0 Å². The molecule has 1 atom stereocenters. The highest BCUT2D eigenvalue weighted by atomic mass is 16.6. The van der Waals surface area contributed by atoms with Crippen LogP contribution in [0.5, 0.6) is 0 Å². The third kappa shape index (κ3) is 44.5. The fourth-order valence-corrected chi connectivity index (χ4v) is 6.86. The lowest BCUT2D eigenvalue weighted by atomic mass is 10.1. The minimum atomic E-state index is -0.774. The standard InChI is InChI=1S/C52H92O6/c1-4-7-10-13-16-18-20-22-24-26-28-30-32-34-36-39-42-45-51(54)57-48-49(47-56-50(53)44-41-38-15-12-9-6-3)58-52(55)46-43-40-37-35-33-31-29-27-25-23-21-19-17-14-11-8-5-2/h7,10,16,18,22-25,49H,4-6,8-9,11-15,17,19-21,26-48H2,1-3H3/b10-7-,18-16-,24-22-,25-23-. The molecule has 0 heterocycles. The molecule has 0 amide bonds. The van der Waals surface area contributed by atoms with E-state index in [0.717, 1.165) is 83.5 Å². The van der Waals surface area contributed by atoms with Crippen LogP contribution in [0, 0.1) is 0 Å². The lowest BCUT2D eigenvalue weighted by Gasteiger charge is -2.18. The van der Waals surface area contributed by atoms with Gasteiger partial charge in [-0.2, -0.15) is 0 Å². The van der Waals surface area contributed by atoms with Crippen LogP contribution in [0.1, 0.15) is 245 Å². The molecule has 336 valence electrons. The molecule has 58 heavy (non-hydrogen) atoms. The second-order valence-electron chi connectivity index (χ2n) is 16.3. The van der Waals surface area contributed by atoms with Crippen molar-refractivity contribution in [2.45, 2.75) is 252 Å². The number of allylic oxidation sites excluding steroid dienone is 8. The molecule has 0 rings (SSSR count). The van der Waals surface area contributed by atoms with Crippen molar-refractivity contribution < 1.29 is 28.6 Å². The molecule has 0 aromatic carbocycles. The van der Waals surface area contributed by atoms with Crippen LogP contribution in [0.15, 0.2) is 48.6 Å². The van der Waals surface area contributed by atoms with Crippen LogP contribution in [0.4, 0.5) is 0 Å². The Bertz CT molecular complexity index is 1030. The zero-order chi connectivity index (χ0) is 42.3. The summed E-state index contributed by atoms with van der Waals surface area (Å²) < 4.78 is 16.7. The van der Waals surface area contributed by atoms with Gasteiger partial charge in [0.2, 0.25) is 0 Å². The SMILES string of the molecule is CC/C=C\C/C=C\C/C=C\CCCCCCCCCC(=O)OCC(COC(=O)CCCCCCCC)OC(=O)CCCCCCCCC/C=C\CCCCCCCC.